The van der Waals surface area contributed by atoms with Crippen LogP contribution < -0.4 is 4.74 Å². The van der Waals surface area contributed by atoms with E-state index in [0.29, 0.717) is 34.7 Å². The van der Waals surface area contributed by atoms with Crippen molar-refractivity contribution in [1.82, 2.24) is 4.90 Å². The highest BCUT2D eigenvalue weighted by atomic mass is 35.5. The fourth-order valence-electron chi connectivity index (χ4n) is 2.61. The Kier molecular flexibility index (Phi) is 6.85. The van der Waals surface area contributed by atoms with Crippen LogP contribution in [0.25, 0.3) is 0 Å². The van der Waals surface area contributed by atoms with Gasteiger partial charge in [0.25, 0.3) is 0 Å². The lowest BCUT2D eigenvalue weighted by Crippen LogP contribution is -2.14. The first-order valence-electron chi connectivity index (χ1n) is 9.79. The zero-order valence-corrected chi connectivity index (χ0v) is 19.0. The summed E-state index contributed by atoms with van der Waals surface area (Å²) in [7, 11) is -0.405. The van der Waals surface area contributed by atoms with Gasteiger partial charge in [-0.25, -0.2) is 13.6 Å². The molecule has 0 amide bonds. The molecule has 0 N–H and O–H groups in total. The van der Waals surface area contributed by atoms with Crippen LogP contribution in [0.5, 0.6) is 11.5 Å². The van der Waals surface area contributed by atoms with Crippen LogP contribution in [0.2, 0.25) is 5.02 Å². The summed E-state index contributed by atoms with van der Waals surface area (Å²) < 4.78 is 23.2. The Hall–Kier alpha value is -2.05. The van der Waals surface area contributed by atoms with Crippen molar-refractivity contribution in [2.24, 2.45) is 15.3 Å². The van der Waals surface area contributed by atoms with E-state index in [1.54, 1.807) is 18.7 Å². The molecular formula is C22H28ClN3O2S. The van der Waals surface area contributed by atoms with Gasteiger partial charge in [-0.3, -0.25) is 0 Å². The molecular weight excluding hydrogens is 406 g/mol. The lowest BCUT2D eigenvalue weighted by molar-refractivity contribution is 0.478. The molecule has 7 heteroatoms. The van der Waals surface area contributed by atoms with E-state index in [0.717, 1.165) is 17.0 Å². The van der Waals surface area contributed by atoms with Crippen LogP contribution >= 0.6 is 11.6 Å². The summed E-state index contributed by atoms with van der Waals surface area (Å²) in [6.07, 6.45) is 5.86. The Bertz CT molecular complexity index is 1010. The fourth-order valence-corrected chi connectivity index (χ4v) is 4.10. The van der Waals surface area contributed by atoms with Crippen molar-refractivity contribution in [1.29, 1.82) is 0 Å². The lowest BCUT2D eigenvalue weighted by Gasteiger charge is -2.12. The van der Waals surface area contributed by atoms with Gasteiger partial charge in [-0.1, -0.05) is 11.6 Å². The summed E-state index contributed by atoms with van der Waals surface area (Å²) in [6, 6.07) is 11.0. The number of aryl methyl sites for hydroxylation is 1. The highest BCUT2D eigenvalue weighted by molar-refractivity contribution is 7.93. The second-order valence-corrected chi connectivity index (χ2v) is 10.3. The number of benzene rings is 2. The van der Waals surface area contributed by atoms with Gasteiger partial charge in [0.15, 0.2) is 0 Å². The predicted molar refractivity (Wildman–Crippen MR) is 122 cm³/mol. The fraction of sp³-hybridized carbons (Fsp3) is 0.409. The van der Waals surface area contributed by atoms with Crippen LogP contribution in [0.4, 0.5) is 5.69 Å². The summed E-state index contributed by atoms with van der Waals surface area (Å²) in [4.78, 5) is 7.13. The number of aliphatic imine (C=N–C) groups is 1. The van der Waals surface area contributed by atoms with Crippen LogP contribution in [0.15, 0.2) is 50.6 Å². The third-order valence-electron chi connectivity index (χ3n) is 4.90. The van der Waals surface area contributed by atoms with Crippen molar-refractivity contribution in [3.05, 3.63) is 47.0 Å². The van der Waals surface area contributed by atoms with Gasteiger partial charge in [0.05, 0.1) is 33.3 Å². The zero-order valence-electron chi connectivity index (χ0n) is 17.4. The number of halogens is 1. The monoisotopic (exact) mass is 433 g/mol. The normalized spacial score (nSPS) is 15.9. The molecule has 0 aliphatic heterocycles. The summed E-state index contributed by atoms with van der Waals surface area (Å²) in [5.41, 5.74) is 1.64. The first kappa shape index (κ1) is 21.7. The first-order chi connectivity index (χ1) is 13.8. The number of rotatable bonds is 8. The highest BCUT2D eigenvalue weighted by Crippen LogP contribution is 2.35. The molecule has 156 valence electrons. The van der Waals surface area contributed by atoms with Crippen molar-refractivity contribution in [2.45, 2.75) is 31.6 Å². The second-order valence-electron chi connectivity index (χ2n) is 7.52. The van der Waals surface area contributed by atoms with Gasteiger partial charge in [-0.05, 0) is 68.5 Å². The second kappa shape index (κ2) is 9.18. The maximum atomic E-state index is 12.8. The molecule has 0 spiro atoms. The molecule has 0 heterocycles. The van der Waals surface area contributed by atoms with Gasteiger partial charge < -0.3 is 9.64 Å². The molecule has 1 aliphatic carbocycles. The van der Waals surface area contributed by atoms with E-state index in [1.165, 1.54) is 12.8 Å². The largest absolute Gasteiger partial charge is 0.457 e. The smallest absolute Gasteiger partial charge is 0.131 e. The summed E-state index contributed by atoms with van der Waals surface area (Å²) in [5, 5.41) is 0.526. The van der Waals surface area contributed by atoms with E-state index in [1.807, 2.05) is 49.2 Å². The predicted octanol–water partition coefficient (Wildman–Crippen LogP) is 5.92. The maximum absolute atomic E-state index is 12.8. The van der Waals surface area contributed by atoms with E-state index in [2.05, 4.69) is 16.3 Å². The lowest BCUT2D eigenvalue weighted by atomic mass is 10.2. The summed E-state index contributed by atoms with van der Waals surface area (Å²) >= 11 is 6.38. The molecule has 1 saturated carbocycles. The van der Waals surface area contributed by atoms with E-state index in [4.69, 9.17) is 16.3 Å². The van der Waals surface area contributed by atoms with Crippen LogP contribution in [0, 0.1) is 12.8 Å². The average Bonchev–Trinajstić information content (AvgIpc) is 3.52. The molecule has 0 aromatic heterocycles. The van der Waals surface area contributed by atoms with Crippen LogP contribution in [0.3, 0.4) is 0 Å². The zero-order chi connectivity index (χ0) is 21.0. The molecule has 0 bridgehead atoms. The average molecular weight is 434 g/mol. The third kappa shape index (κ3) is 5.97. The number of ether oxygens (including phenoxy) is 1. The number of hydrogen-bond donors (Lipinski definition) is 0. The van der Waals surface area contributed by atoms with E-state index in [-0.39, 0.29) is 0 Å². The van der Waals surface area contributed by atoms with Crippen molar-refractivity contribution in [2.75, 3.05) is 26.4 Å². The Morgan fingerprint density at radius 3 is 2.59 bits per heavy atom. The minimum absolute atomic E-state index is 0.526. The Morgan fingerprint density at radius 1 is 1.28 bits per heavy atom. The molecule has 1 atom stereocenters. The Balaban J connectivity index is 1.74. The molecule has 0 radical (unpaired) electrons. The molecule has 3 rings (SSSR count). The molecule has 29 heavy (non-hydrogen) atoms. The summed E-state index contributed by atoms with van der Waals surface area (Å²) in [5.74, 6) is 1.95. The van der Waals surface area contributed by atoms with Crippen molar-refractivity contribution < 1.29 is 8.95 Å². The number of nitrogens with zero attached hydrogens (tertiary/aromatic N) is 3. The topological polar surface area (TPSA) is 54.3 Å². The van der Waals surface area contributed by atoms with Gasteiger partial charge in [0.1, 0.15) is 11.5 Å². The summed E-state index contributed by atoms with van der Waals surface area (Å²) in [6.45, 7) is 5.57. The highest BCUT2D eigenvalue weighted by Gasteiger charge is 2.21. The van der Waals surface area contributed by atoms with Crippen LogP contribution in [-0.2, 0) is 9.73 Å². The van der Waals surface area contributed by atoms with E-state index < -0.39 is 9.73 Å². The van der Waals surface area contributed by atoms with Gasteiger partial charge in [-0.2, -0.15) is 0 Å². The van der Waals surface area contributed by atoms with Gasteiger partial charge in [-0.15, -0.1) is 0 Å². The molecule has 1 aliphatic rings. The van der Waals surface area contributed by atoms with Gasteiger partial charge in [0, 0.05) is 30.8 Å². The molecule has 0 saturated heterocycles. The molecule has 1 unspecified atom stereocenters. The van der Waals surface area contributed by atoms with E-state index >= 15 is 0 Å². The molecule has 2 aromatic carbocycles. The minimum Gasteiger partial charge on any atom is -0.457 e. The first-order valence-corrected chi connectivity index (χ1v) is 12.1. The SMILES string of the molecule is CCN(C)C=Nc1cc(C)c(Oc2ccc(S(C)(=O)=NCC3CC3)cc2)cc1Cl. The van der Waals surface area contributed by atoms with Crippen molar-refractivity contribution in [3.63, 3.8) is 0 Å². The van der Waals surface area contributed by atoms with E-state index in [9.17, 15) is 4.21 Å². The Morgan fingerprint density at radius 2 is 1.97 bits per heavy atom. The Labute approximate surface area is 178 Å². The van der Waals surface area contributed by atoms with Gasteiger partial charge >= 0.3 is 0 Å². The standard InChI is InChI=1S/C22H28ClN3O2S/c1-5-26(3)15-24-21-12-16(2)22(13-20(21)23)28-18-8-10-19(11-9-18)29(4,27)25-14-17-6-7-17/h8-13,15,17H,5-7,14H2,1-4H3. The third-order valence-corrected chi connectivity index (χ3v) is 6.99. The molecule has 1 fully saturated rings. The minimum atomic E-state index is -2.36. The maximum Gasteiger partial charge on any atom is 0.131 e. The quantitative estimate of drug-likeness (QED) is 0.383. The van der Waals surface area contributed by atoms with Crippen molar-refractivity contribution in [3.8, 4) is 11.5 Å². The molecule has 2 aromatic rings. The molecule has 5 nitrogen and oxygen atoms in total. The van der Waals surface area contributed by atoms with Crippen molar-refractivity contribution >= 4 is 33.4 Å². The number of hydrogen-bond acceptors (Lipinski definition) is 4. The van der Waals surface area contributed by atoms with Crippen LogP contribution in [-0.4, -0.2) is 41.8 Å². The van der Waals surface area contributed by atoms with Crippen LogP contribution in [0.1, 0.15) is 25.3 Å². The van der Waals surface area contributed by atoms with Gasteiger partial charge in [0.2, 0.25) is 0 Å².